The number of hydrogen-bond donors (Lipinski definition) is 2. The van der Waals surface area contributed by atoms with Gasteiger partial charge in [-0.15, -0.1) is 0 Å². The van der Waals surface area contributed by atoms with Crippen molar-refractivity contribution < 1.29 is 19.4 Å². The molecule has 1 amide bonds. The fraction of sp³-hybridized carbons (Fsp3) is 0.333. The van der Waals surface area contributed by atoms with Crippen molar-refractivity contribution in [1.29, 1.82) is 0 Å². The minimum absolute atomic E-state index is 0.102. The number of nitrogens with zero attached hydrogens (tertiary/aromatic N) is 1. The lowest BCUT2D eigenvalue weighted by Crippen LogP contribution is -2.58. The number of rotatable bonds is 6. The summed E-state index contributed by atoms with van der Waals surface area (Å²) in [6.45, 7) is 5.54. The number of aliphatic hydroxyl groups is 1. The number of esters is 1. The Balaban J connectivity index is 2.23. The number of anilines is 2. The molecule has 0 saturated heterocycles. The van der Waals surface area contributed by atoms with Crippen LogP contribution in [-0.2, 0) is 19.9 Å². The van der Waals surface area contributed by atoms with Gasteiger partial charge in [-0.3, -0.25) is 4.79 Å². The third-order valence-electron chi connectivity index (χ3n) is 4.79. The van der Waals surface area contributed by atoms with Crippen molar-refractivity contribution >= 4 is 39.2 Å². The van der Waals surface area contributed by atoms with Crippen LogP contribution in [0.25, 0.3) is 0 Å². The summed E-state index contributed by atoms with van der Waals surface area (Å²) in [4.78, 5) is 27.8. The van der Waals surface area contributed by atoms with E-state index in [1.807, 2.05) is 44.2 Å². The molecule has 2 unspecified atom stereocenters. The standard InChI is InChI=1S/C21H23BrN2O4/c1-4-28-19(26)18(25)21(23-16-11-7-6-10-15(16)22)14-9-5-8-12-17(14)24(13(2)3)20(21)27/h5-13,18,23,25H,4H2,1-3H3. The molecule has 2 aromatic carbocycles. The van der Waals surface area contributed by atoms with Crippen molar-refractivity contribution in [2.45, 2.75) is 38.5 Å². The highest BCUT2D eigenvalue weighted by atomic mass is 79.9. The molecule has 0 radical (unpaired) electrons. The maximum absolute atomic E-state index is 13.7. The fourth-order valence-electron chi connectivity index (χ4n) is 3.57. The molecular weight excluding hydrogens is 424 g/mol. The average Bonchev–Trinajstić information content (AvgIpc) is 2.92. The van der Waals surface area contributed by atoms with E-state index in [2.05, 4.69) is 21.2 Å². The molecule has 2 N–H and O–H groups in total. The number of aliphatic hydroxyl groups excluding tert-OH is 1. The summed E-state index contributed by atoms with van der Waals surface area (Å²) in [6, 6.07) is 14.3. The largest absolute Gasteiger partial charge is 0.464 e. The Labute approximate surface area is 172 Å². The molecule has 3 rings (SSSR count). The van der Waals surface area contributed by atoms with Gasteiger partial charge in [-0.05, 0) is 54.9 Å². The summed E-state index contributed by atoms with van der Waals surface area (Å²) in [5.41, 5.74) is 0.0757. The molecule has 0 saturated carbocycles. The second kappa shape index (κ2) is 7.93. The van der Waals surface area contributed by atoms with Gasteiger partial charge in [-0.2, -0.15) is 0 Å². The Morgan fingerprint density at radius 2 is 1.86 bits per heavy atom. The van der Waals surface area contributed by atoms with Crippen LogP contribution < -0.4 is 10.2 Å². The highest BCUT2D eigenvalue weighted by molar-refractivity contribution is 9.10. The van der Waals surface area contributed by atoms with E-state index in [0.717, 1.165) is 0 Å². The van der Waals surface area contributed by atoms with Crippen LogP contribution in [0.15, 0.2) is 53.0 Å². The predicted octanol–water partition coefficient (Wildman–Crippen LogP) is 3.44. The second-order valence-corrected chi connectivity index (χ2v) is 7.71. The topological polar surface area (TPSA) is 78.9 Å². The van der Waals surface area contributed by atoms with Crippen LogP contribution in [-0.4, -0.2) is 35.7 Å². The van der Waals surface area contributed by atoms with Crippen LogP contribution in [0.3, 0.4) is 0 Å². The lowest BCUT2D eigenvalue weighted by Gasteiger charge is -2.35. The Kier molecular flexibility index (Phi) is 5.76. The molecule has 1 heterocycles. The number of halogens is 1. The number of nitrogens with one attached hydrogen (secondary N) is 1. The molecule has 1 aliphatic heterocycles. The van der Waals surface area contributed by atoms with Crippen molar-refractivity contribution in [2.24, 2.45) is 0 Å². The van der Waals surface area contributed by atoms with Crippen LogP contribution in [0.1, 0.15) is 26.3 Å². The van der Waals surface area contributed by atoms with E-state index in [4.69, 9.17) is 4.74 Å². The minimum Gasteiger partial charge on any atom is -0.464 e. The van der Waals surface area contributed by atoms with Gasteiger partial charge in [0, 0.05) is 21.8 Å². The number of amides is 1. The van der Waals surface area contributed by atoms with E-state index >= 15 is 0 Å². The van der Waals surface area contributed by atoms with Crippen LogP contribution in [0, 0.1) is 0 Å². The van der Waals surface area contributed by atoms with Gasteiger partial charge in [-0.1, -0.05) is 30.3 Å². The molecule has 2 aromatic rings. The lowest BCUT2D eigenvalue weighted by molar-refractivity contribution is -0.159. The van der Waals surface area contributed by atoms with E-state index < -0.39 is 23.5 Å². The van der Waals surface area contributed by atoms with Gasteiger partial charge in [0.25, 0.3) is 5.91 Å². The number of carbonyl (C=O) groups is 2. The van der Waals surface area contributed by atoms with E-state index in [-0.39, 0.29) is 12.6 Å². The Morgan fingerprint density at radius 1 is 1.21 bits per heavy atom. The molecule has 148 valence electrons. The monoisotopic (exact) mass is 446 g/mol. The number of fused-ring (bicyclic) bond motifs is 1. The van der Waals surface area contributed by atoms with Crippen molar-refractivity contribution in [2.75, 3.05) is 16.8 Å². The zero-order valence-electron chi connectivity index (χ0n) is 16.0. The van der Waals surface area contributed by atoms with E-state index in [1.54, 1.807) is 30.0 Å². The first-order valence-corrected chi connectivity index (χ1v) is 9.94. The average molecular weight is 447 g/mol. The predicted molar refractivity (Wildman–Crippen MR) is 111 cm³/mol. The molecule has 28 heavy (non-hydrogen) atoms. The summed E-state index contributed by atoms with van der Waals surface area (Å²) in [6.07, 6.45) is -1.73. The molecule has 0 spiro atoms. The third-order valence-corrected chi connectivity index (χ3v) is 5.48. The van der Waals surface area contributed by atoms with E-state index in [9.17, 15) is 14.7 Å². The Bertz CT molecular complexity index is 901. The molecule has 0 aliphatic carbocycles. The van der Waals surface area contributed by atoms with Gasteiger partial charge in [-0.25, -0.2) is 4.79 Å². The Morgan fingerprint density at radius 3 is 2.50 bits per heavy atom. The van der Waals surface area contributed by atoms with Crippen LogP contribution in [0.4, 0.5) is 11.4 Å². The number of benzene rings is 2. The molecule has 0 bridgehead atoms. The van der Waals surface area contributed by atoms with Gasteiger partial charge in [0.05, 0.1) is 12.3 Å². The van der Waals surface area contributed by atoms with Gasteiger partial charge in [0.1, 0.15) is 0 Å². The normalized spacial score (nSPS) is 19.5. The van der Waals surface area contributed by atoms with Crippen LogP contribution in [0.5, 0.6) is 0 Å². The lowest BCUT2D eigenvalue weighted by atomic mass is 9.84. The number of para-hydroxylation sites is 2. The van der Waals surface area contributed by atoms with Gasteiger partial charge in [0.2, 0.25) is 0 Å². The first kappa shape index (κ1) is 20.4. The third kappa shape index (κ3) is 3.18. The number of hydrogen-bond acceptors (Lipinski definition) is 5. The molecule has 0 fully saturated rings. The molecule has 6 nitrogen and oxygen atoms in total. The smallest absolute Gasteiger partial charge is 0.338 e. The first-order valence-electron chi connectivity index (χ1n) is 9.15. The van der Waals surface area contributed by atoms with Crippen molar-refractivity contribution in [3.05, 3.63) is 58.6 Å². The quantitative estimate of drug-likeness (QED) is 0.664. The molecule has 2 atom stereocenters. The molecular formula is C21H23BrN2O4. The highest BCUT2D eigenvalue weighted by Gasteiger charge is 2.59. The van der Waals surface area contributed by atoms with Crippen molar-refractivity contribution in [3.63, 3.8) is 0 Å². The van der Waals surface area contributed by atoms with E-state index in [0.29, 0.717) is 21.4 Å². The van der Waals surface area contributed by atoms with E-state index in [1.165, 1.54) is 0 Å². The fourth-order valence-corrected chi connectivity index (χ4v) is 3.95. The SMILES string of the molecule is CCOC(=O)C(O)C1(Nc2ccccc2Br)C(=O)N(C(C)C)c2ccccc21. The number of carbonyl (C=O) groups excluding carboxylic acids is 2. The zero-order chi connectivity index (χ0) is 20.5. The molecule has 1 aliphatic rings. The Hall–Kier alpha value is -2.38. The van der Waals surface area contributed by atoms with Crippen LogP contribution >= 0.6 is 15.9 Å². The summed E-state index contributed by atoms with van der Waals surface area (Å²) in [5.74, 6) is -1.25. The van der Waals surface area contributed by atoms with Gasteiger partial charge < -0.3 is 20.1 Å². The van der Waals surface area contributed by atoms with Gasteiger partial charge in [0.15, 0.2) is 11.6 Å². The first-order chi connectivity index (χ1) is 13.3. The summed E-state index contributed by atoms with van der Waals surface area (Å²) < 4.78 is 5.76. The maximum Gasteiger partial charge on any atom is 0.338 e. The summed E-state index contributed by atoms with van der Waals surface area (Å²) in [5, 5.41) is 14.2. The summed E-state index contributed by atoms with van der Waals surface area (Å²) in [7, 11) is 0. The van der Waals surface area contributed by atoms with Gasteiger partial charge >= 0.3 is 5.97 Å². The maximum atomic E-state index is 13.7. The van der Waals surface area contributed by atoms with Crippen LogP contribution in [0.2, 0.25) is 0 Å². The van der Waals surface area contributed by atoms with Crippen molar-refractivity contribution in [1.82, 2.24) is 0 Å². The zero-order valence-corrected chi connectivity index (χ0v) is 17.6. The minimum atomic E-state index is -1.73. The van der Waals surface area contributed by atoms with Crippen molar-refractivity contribution in [3.8, 4) is 0 Å². The second-order valence-electron chi connectivity index (χ2n) is 6.85. The number of ether oxygens (including phenoxy) is 1. The summed E-state index contributed by atoms with van der Waals surface area (Å²) >= 11 is 3.46. The molecule has 7 heteroatoms. The highest BCUT2D eigenvalue weighted by Crippen LogP contribution is 2.46. The molecule has 0 aromatic heterocycles.